The molecule has 4 aromatic rings. The summed E-state index contributed by atoms with van der Waals surface area (Å²) in [6.07, 6.45) is 10.8. The van der Waals surface area contributed by atoms with E-state index < -0.39 is 0 Å². The molecule has 2 aromatic carbocycles. The minimum atomic E-state index is -0.337. The van der Waals surface area contributed by atoms with Crippen molar-refractivity contribution < 1.29 is 30.0 Å². The second-order valence-electron chi connectivity index (χ2n) is 13.4. The number of nitrogens with zero attached hydrogens (tertiary/aromatic N) is 2. The predicted molar refractivity (Wildman–Crippen MR) is 189 cm³/mol. The van der Waals surface area contributed by atoms with Crippen molar-refractivity contribution in [2.75, 3.05) is 0 Å². The second-order valence-corrected chi connectivity index (χ2v) is 13.4. The fourth-order valence-corrected chi connectivity index (χ4v) is 6.10. The molecule has 2 heterocycles. The molecule has 1 aliphatic carbocycles. The van der Waals surface area contributed by atoms with Gasteiger partial charge < -0.3 is 5.11 Å². The van der Waals surface area contributed by atoms with E-state index in [1.54, 1.807) is 0 Å². The van der Waals surface area contributed by atoms with Gasteiger partial charge in [-0.25, -0.2) is 0 Å². The summed E-state index contributed by atoms with van der Waals surface area (Å²) in [5.74, 6) is 0.736. The number of aliphatic hydroxyl groups excluding tert-OH is 1. The molecule has 0 bridgehead atoms. The van der Waals surface area contributed by atoms with Gasteiger partial charge in [0.05, 0.1) is 0 Å². The van der Waals surface area contributed by atoms with Crippen LogP contribution < -0.4 is 0 Å². The molecule has 1 aliphatic rings. The first kappa shape index (κ1) is 37.3. The minimum Gasteiger partial charge on any atom is -0.512 e. The van der Waals surface area contributed by atoms with Gasteiger partial charge in [-0.05, 0) is 80.2 Å². The molecule has 2 aromatic heterocycles. The fourth-order valence-electron chi connectivity index (χ4n) is 6.10. The molecule has 0 unspecified atom stereocenters. The Labute approximate surface area is 290 Å². The van der Waals surface area contributed by atoms with Crippen molar-refractivity contribution in [3.8, 4) is 22.4 Å². The summed E-state index contributed by atoms with van der Waals surface area (Å²) in [4.78, 5) is 21.5. The molecule has 0 saturated heterocycles. The quantitative estimate of drug-likeness (QED) is 0.104. The molecule has 247 valence electrons. The molecule has 1 radical (unpaired) electrons. The average molecular weight is 796 g/mol. The number of allylic oxidation sites excluding steroid dienone is 2. The van der Waals surface area contributed by atoms with E-state index in [2.05, 4.69) is 74.3 Å². The number of rotatable bonds is 9. The van der Waals surface area contributed by atoms with Crippen molar-refractivity contribution in [1.82, 2.24) is 9.97 Å². The first-order valence-corrected chi connectivity index (χ1v) is 16.8. The van der Waals surface area contributed by atoms with Crippen LogP contribution in [0.3, 0.4) is 0 Å². The Bertz CT molecular complexity index is 1700. The zero-order chi connectivity index (χ0) is 32.9. The van der Waals surface area contributed by atoms with E-state index in [1.165, 1.54) is 39.3 Å². The third-order valence-electron chi connectivity index (χ3n) is 10.4. The molecule has 0 atom stereocenters. The normalized spacial score (nSPS) is 13.0. The molecular weight excluding hydrogens is 745 g/mol. The van der Waals surface area contributed by atoms with Crippen LogP contribution in [0, 0.1) is 23.8 Å². The number of pyridine rings is 2. The number of carbonyl (C=O) groups excluding carboxylic acids is 1. The van der Waals surface area contributed by atoms with Gasteiger partial charge in [0.25, 0.3) is 0 Å². The van der Waals surface area contributed by atoms with E-state index in [1.807, 2.05) is 53.9 Å². The first-order valence-electron chi connectivity index (χ1n) is 16.8. The summed E-state index contributed by atoms with van der Waals surface area (Å²) in [7, 11) is 0. The van der Waals surface area contributed by atoms with Gasteiger partial charge in [-0.3, -0.25) is 14.8 Å². The number of aryl methyl sites for hydroxylation is 2. The maximum atomic E-state index is 12.2. The van der Waals surface area contributed by atoms with E-state index in [-0.39, 0.29) is 42.5 Å². The maximum absolute atomic E-state index is 12.2. The van der Waals surface area contributed by atoms with Crippen LogP contribution in [0.2, 0.25) is 0 Å². The van der Waals surface area contributed by atoms with Gasteiger partial charge in [0.15, 0.2) is 5.78 Å². The molecule has 0 amide bonds. The van der Waals surface area contributed by atoms with Crippen LogP contribution in [-0.4, -0.2) is 20.9 Å². The van der Waals surface area contributed by atoms with Crippen molar-refractivity contribution in [3.63, 3.8) is 0 Å². The SMILES string of the molecule is CCC(C)(CC)C(=O)/C=C(\O)C(C)(CC)CC.Cc1cc2c(cn1)-c1ccnc(-c3[c-]c4ccccc4c(C(C)C)c3)c1CC2.[Ir]. The molecule has 0 saturated carbocycles. The van der Waals surface area contributed by atoms with Crippen LogP contribution in [-0.2, 0) is 37.7 Å². The van der Waals surface area contributed by atoms with Crippen molar-refractivity contribution in [3.05, 3.63) is 95.1 Å². The summed E-state index contributed by atoms with van der Waals surface area (Å²) in [5, 5.41) is 12.6. The van der Waals surface area contributed by atoms with Crippen LogP contribution in [0.15, 0.2) is 66.7 Å². The molecule has 0 spiro atoms. The largest absolute Gasteiger partial charge is 0.512 e. The Hall–Kier alpha value is -3.14. The summed E-state index contributed by atoms with van der Waals surface area (Å²) in [6, 6.07) is 18.8. The average Bonchev–Trinajstić information content (AvgIpc) is 3.06. The molecule has 0 fully saturated rings. The molecule has 1 N–H and O–H groups in total. The molecule has 5 heteroatoms. The zero-order valence-electron chi connectivity index (χ0n) is 29.2. The Kier molecular flexibility index (Phi) is 12.7. The van der Waals surface area contributed by atoms with Crippen molar-refractivity contribution >= 4 is 16.6 Å². The zero-order valence-corrected chi connectivity index (χ0v) is 31.6. The van der Waals surface area contributed by atoms with E-state index in [4.69, 9.17) is 4.98 Å². The molecule has 46 heavy (non-hydrogen) atoms. The summed E-state index contributed by atoms with van der Waals surface area (Å²) >= 11 is 0. The topological polar surface area (TPSA) is 63.1 Å². The van der Waals surface area contributed by atoms with Crippen LogP contribution in [0.5, 0.6) is 0 Å². The Morgan fingerprint density at radius 3 is 2.22 bits per heavy atom. The fraction of sp³-hybridized carbons (Fsp3) is 0.439. The van der Waals surface area contributed by atoms with Crippen LogP contribution in [0.4, 0.5) is 0 Å². The maximum Gasteiger partial charge on any atom is 0.164 e. The molecule has 4 nitrogen and oxygen atoms in total. The van der Waals surface area contributed by atoms with Gasteiger partial charge in [-0.15, -0.1) is 29.1 Å². The molecule has 0 aliphatic heterocycles. The second kappa shape index (κ2) is 15.6. The van der Waals surface area contributed by atoms with Crippen LogP contribution in [0.25, 0.3) is 33.2 Å². The third-order valence-corrected chi connectivity index (χ3v) is 10.4. The molecule has 5 rings (SSSR count). The van der Waals surface area contributed by atoms with Crippen LogP contribution >= 0.6 is 0 Å². The number of hydrogen-bond donors (Lipinski definition) is 1. The minimum absolute atomic E-state index is 0. The number of benzene rings is 2. The Balaban J connectivity index is 0.000000280. The van der Waals surface area contributed by atoms with Crippen molar-refractivity contribution in [2.24, 2.45) is 10.8 Å². The Morgan fingerprint density at radius 2 is 1.59 bits per heavy atom. The van der Waals surface area contributed by atoms with E-state index in [0.717, 1.165) is 60.9 Å². The molecular formula is C41H51IrN2O2-. The number of aliphatic hydroxyl groups is 1. The van der Waals surface area contributed by atoms with E-state index in [9.17, 15) is 9.90 Å². The van der Waals surface area contributed by atoms with Gasteiger partial charge in [-0.1, -0.05) is 84.5 Å². The van der Waals surface area contributed by atoms with Gasteiger partial charge >= 0.3 is 0 Å². The number of fused-ring (bicyclic) bond motifs is 4. The van der Waals surface area contributed by atoms with Gasteiger partial charge in [0.2, 0.25) is 0 Å². The van der Waals surface area contributed by atoms with Gasteiger partial charge in [0.1, 0.15) is 5.76 Å². The number of hydrogen-bond acceptors (Lipinski definition) is 4. The smallest absolute Gasteiger partial charge is 0.164 e. The number of aromatic nitrogens is 2. The summed E-state index contributed by atoms with van der Waals surface area (Å²) in [5.41, 5.74) is 9.24. The third kappa shape index (κ3) is 7.69. The number of ketones is 1. The van der Waals surface area contributed by atoms with Gasteiger partial charge in [-0.2, -0.15) is 0 Å². The standard InChI is InChI=1S/C26H23N2.C15H28O2.Ir/c1-16(2)24-14-20(13-18-6-4-5-7-21(18)24)26-23-9-8-19-12-17(3)28-15-25(19)22(23)10-11-27-26;1-7-14(5,8-2)12(16)11-13(17)15(6,9-3)10-4;/h4-7,10-12,14-16H,8-9H2,1-3H3;11,16H,7-10H2,1-6H3;/q-1;;/b;12-11-;. The monoisotopic (exact) mass is 796 g/mol. The van der Waals surface area contributed by atoms with Crippen molar-refractivity contribution in [2.45, 2.75) is 107 Å². The van der Waals surface area contributed by atoms with Gasteiger partial charge in [0, 0.05) is 66.4 Å². The van der Waals surface area contributed by atoms with E-state index in [0.29, 0.717) is 5.92 Å². The predicted octanol–water partition coefficient (Wildman–Crippen LogP) is 10.9. The summed E-state index contributed by atoms with van der Waals surface area (Å²) in [6.45, 7) is 18.7. The van der Waals surface area contributed by atoms with Crippen LogP contribution in [0.1, 0.15) is 109 Å². The first-order chi connectivity index (χ1) is 21.4. The van der Waals surface area contributed by atoms with Crippen molar-refractivity contribution in [1.29, 1.82) is 0 Å². The number of carbonyl (C=O) groups is 1. The summed E-state index contributed by atoms with van der Waals surface area (Å²) < 4.78 is 0. The van der Waals surface area contributed by atoms with E-state index >= 15 is 0 Å². The Morgan fingerprint density at radius 1 is 0.935 bits per heavy atom.